The van der Waals surface area contributed by atoms with Crippen molar-refractivity contribution in [1.82, 2.24) is 15.0 Å². The Hall–Kier alpha value is -1.82. The molecule has 2 rings (SSSR count). The van der Waals surface area contributed by atoms with Gasteiger partial charge in [-0.2, -0.15) is 15.0 Å². The van der Waals surface area contributed by atoms with Gasteiger partial charge >= 0.3 is 0 Å². The Morgan fingerprint density at radius 1 is 1.41 bits per heavy atom. The number of nitrogens with zero attached hydrogens (tertiary/aromatic N) is 4. The van der Waals surface area contributed by atoms with Gasteiger partial charge < -0.3 is 15.1 Å². The van der Waals surface area contributed by atoms with E-state index in [4.69, 9.17) is 21.8 Å². The van der Waals surface area contributed by atoms with Crippen molar-refractivity contribution in [3.63, 3.8) is 0 Å². The van der Waals surface area contributed by atoms with Crippen molar-refractivity contribution < 1.29 is 4.42 Å². The van der Waals surface area contributed by atoms with Gasteiger partial charge in [0, 0.05) is 19.2 Å². The third-order valence-electron chi connectivity index (χ3n) is 2.33. The molecule has 90 valence electrons. The molecule has 0 spiro atoms. The largest absolute Gasteiger partial charge is 0.469 e. The summed E-state index contributed by atoms with van der Waals surface area (Å²) in [5, 5.41) is 0.0864. The van der Waals surface area contributed by atoms with Crippen molar-refractivity contribution in [3.05, 3.63) is 28.9 Å². The van der Waals surface area contributed by atoms with Gasteiger partial charge in [-0.1, -0.05) is 0 Å². The lowest BCUT2D eigenvalue weighted by Gasteiger charge is -2.16. The Kier molecular flexibility index (Phi) is 3.14. The third kappa shape index (κ3) is 2.65. The lowest BCUT2D eigenvalue weighted by molar-refractivity contribution is 0.529. The molecule has 0 unspecified atom stereocenters. The molecule has 0 bridgehead atoms. The molecular weight excluding hydrogens is 242 g/mol. The number of aryl methyl sites for hydroxylation is 1. The molecule has 0 amide bonds. The van der Waals surface area contributed by atoms with Gasteiger partial charge in [0.1, 0.15) is 5.76 Å². The molecule has 0 aliphatic heterocycles. The molecule has 17 heavy (non-hydrogen) atoms. The topological polar surface area (TPSA) is 81.1 Å². The number of furan rings is 1. The number of nitrogen functional groups attached to an aromatic ring is 1. The molecule has 6 nitrogen and oxygen atoms in total. The zero-order valence-electron chi connectivity index (χ0n) is 9.51. The monoisotopic (exact) mass is 253 g/mol. The lowest BCUT2D eigenvalue weighted by atomic mass is 10.2. The second kappa shape index (κ2) is 4.58. The summed E-state index contributed by atoms with van der Waals surface area (Å²) in [5.74, 6) is 1.41. The van der Waals surface area contributed by atoms with Crippen LogP contribution in [0, 0.1) is 6.92 Å². The minimum absolute atomic E-state index is 0.0864. The second-order valence-corrected chi connectivity index (χ2v) is 3.96. The van der Waals surface area contributed by atoms with Gasteiger partial charge in [0.25, 0.3) is 0 Å². The van der Waals surface area contributed by atoms with Crippen LogP contribution >= 0.6 is 11.6 Å². The molecule has 0 aliphatic rings. The van der Waals surface area contributed by atoms with E-state index in [-0.39, 0.29) is 11.2 Å². The van der Waals surface area contributed by atoms with Crippen molar-refractivity contribution in [2.45, 2.75) is 13.5 Å². The standard InChI is InChI=1S/C10H12ClN5O/c1-6-7(3-4-17-6)5-16(2)10-14-8(11)13-9(12)15-10/h3-4H,5H2,1-2H3,(H2,12,13,14,15). The maximum absolute atomic E-state index is 5.72. The predicted molar refractivity (Wildman–Crippen MR) is 64.8 cm³/mol. The molecule has 0 saturated carbocycles. The fraction of sp³-hybridized carbons (Fsp3) is 0.300. The summed E-state index contributed by atoms with van der Waals surface area (Å²) in [4.78, 5) is 13.5. The van der Waals surface area contributed by atoms with E-state index in [9.17, 15) is 0 Å². The van der Waals surface area contributed by atoms with Crippen LogP contribution in [0.2, 0.25) is 5.28 Å². The molecule has 2 aromatic heterocycles. The Labute approximate surface area is 103 Å². The van der Waals surface area contributed by atoms with Crippen molar-refractivity contribution in [1.29, 1.82) is 0 Å². The van der Waals surface area contributed by atoms with Crippen molar-refractivity contribution >= 4 is 23.5 Å². The van der Waals surface area contributed by atoms with Crippen molar-refractivity contribution in [2.75, 3.05) is 17.7 Å². The van der Waals surface area contributed by atoms with Crippen LogP contribution in [0.4, 0.5) is 11.9 Å². The number of hydrogen-bond donors (Lipinski definition) is 1. The average molecular weight is 254 g/mol. The number of anilines is 2. The van der Waals surface area contributed by atoms with Gasteiger partial charge in [0.15, 0.2) is 0 Å². The second-order valence-electron chi connectivity index (χ2n) is 3.62. The fourth-order valence-corrected chi connectivity index (χ4v) is 1.59. The van der Waals surface area contributed by atoms with E-state index in [0.29, 0.717) is 12.5 Å². The molecule has 7 heteroatoms. The van der Waals surface area contributed by atoms with Crippen LogP contribution in [-0.4, -0.2) is 22.0 Å². The van der Waals surface area contributed by atoms with Crippen LogP contribution in [0.1, 0.15) is 11.3 Å². The third-order valence-corrected chi connectivity index (χ3v) is 2.50. The summed E-state index contributed by atoms with van der Waals surface area (Å²) in [5.41, 5.74) is 6.57. The van der Waals surface area contributed by atoms with E-state index in [1.165, 1.54) is 0 Å². The zero-order valence-corrected chi connectivity index (χ0v) is 10.3. The Bertz CT molecular complexity index is 507. The van der Waals surface area contributed by atoms with Crippen LogP contribution in [0.5, 0.6) is 0 Å². The van der Waals surface area contributed by atoms with Gasteiger partial charge in [-0.25, -0.2) is 0 Å². The molecule has 0 aliphatic carbocycles. The summed E-state index contributed by atoms with van der Waals surface area (Å²) < 4.78 is 5.22. The molecule has 2 aromatic rings. The van der Waals surface area contributed by atoms with Crippen LogP contribution in [-0.2, 0) is 6.54 Å². The highest BCUT2D eigenvalue weighted by molar-refractivity contribution is 6.28. The number of nitrogens with two attached hydrogens (primary N) is 1. The van der Waals surface area contributed by atoms with Gasteiger partial charge in [-0.3, -0.25) is 0 Å². The molecular formula is C10H12ClN5O. The summed E-state index contributed by atoms with van der Waals surface area (Å²) in [6.07, 6.45) is 1.65. The highest BCUT2D eigenvalue weighted by Gasteiger charge is 2.10. The summed E-state index contributed by atoms with van der Waals surface area (Å²) >= 11 is 5.72. The molecule has 0 saturated heterocycles. The van der Waals surface area contributed by atoms with Crippen LogP contribution in [0.25, 0.3) is 0 Å². The fourth-order valence-electron chi connectivity index (χ4n) is 1.43. The zero-order chi connectivity index (χ0) is 12.4. The van der Waals surface area contributed by atoms with Crippen molar-refractivity contribution in [2.24, 2.45) is 0 Å². The average Bonchev–Trinajstić information content (AvgIpc) is 2.63. The minimum atomic E-state index is 0.0864. The maximum Gasteiger partial charge on any atom is 0.231 e. The molecule has 0 fully saturated rings. The van der Waals surface area contributed by atoms with Crippen LogP contribution in [0.3, 0.4) is 0 Å². The highest BCUT2D eigenvalue weighted by atomic mass is 35.5. The van der Waals surface area contributed by atoms with Crippen LogP contribution < -0.4 is 10.6 Å². The Morgan fingerprint density at radius 2 is 2.18 bits per heavy atom. The molecule has 2 heterocycles. The van der Waals surface area contributed by atoms with E-state index in [2.05, 4.69) is 15.0 Å². The lowest BCUT2D eigenvalue weighted by Crippen LogP contribution is -2.20. The van der Waals surface area contributed by atoms with E-state index < -0.39 is 0 Å². The quantitative estimate of drug-likeness (QED) is 0.896. The molecule has 0 aromatic carbocycles. The summed E-state index contributed by atoms with van der Waals surface area (Å²) in [6, 6.07) is 1.90. The first-order valence-electron chi connectivity index (χ1n) is 4.97. The molecule has 0 radical (unpaired) electrons. The summed E-state index contributed by atoms with van der Waals surface area (Å²) in [6.45, 7) is 2.51. The first-order valence-corrected chi connectivity index (χ1v) is 5.35. The van der Waals surface area contributed by atoms with Gasteiger partial charge in [0.2, 0.25) is 17.2 Å². The van der Waals surface area contributed by atoms with Gasteiger partial charge in [-0.05, 0) is 24.6 Å². The van der Waals surface area contributed by atoms with E-state index in [1.54, 1.807) is 6.26 Å². The Morgan fingerprint density at radius 3 is 2.76 bits per heavy atom. The molecule has 2 N–H and O–H groups in total. The number of hydrogen-bond acceptors (Lipinski definition) is 6. The first kappa shape index (κ1) is 11.7. The normalized spacial score (nSPS) is 10.5. The predicted octanol–water partition coefficient (Wildman–Crippen LogP) is 1.65. The SMILES string of the molecule is Cc1occc1CN(C)c1nc(N)nc(Cl)n1. The van der Waals surface area contributed by atoms with Crippen molar-refractivity contribution in [3.8, 4) is 0 Å². The number of rotatable bonds is 3. The molecule has 0 atom stereocenters. The number of aromatic nitrogens is 3. The van der Waals surface area contributed by atoms with E-state index in [1.807, 2.05) is 24.9 Å². The van der Waals surface area contributed by atoms with E-state index in [0.717, 1.165) is 11.3 Å². The van der Waals surface area contributed by atoms with Crippen LogP contribution in [0.15, 0.2) is 16.7 Å². The minimum Gasteiger partial charge on any atom is -0.469 e. The summed E-state index contributed by atoms with van der Waals surface area (Å²) in [7, 11) is 1.84. The maximum atomic E-state index is 5.72. The van der Waals surface area contributed by atoms with E-state index >= 15 is 0 Å². The highest BCUT2D eigenvalue weighted by Crippen LogP contribution is 2.16. The van der Waals surface area contributed by atoms with Gasteiger partial charge in [0.05, 0.1) is 6.26 Å². The Balaban J connectivity index is 2.20. The number of halogens is 1. The van der Waals surface area contributed by atoms with Gasteiger partial charge in [-0.15, -0.1) is 0 Å². The first-order chi connectivity index (χ1) is 8.06. The smallest absolute Gasteiger partial charge is 0.231 e.